The van der Waals surface area contributed by atoms with Gasteiger partial charge in [-0.1, -0.05) is 18.1 Å². The molecule has 120 valence electrons. The summed E-state index contributed by atoms with van der Waals surface area (Å²) in [6, 6.07) is 0. The average molecular weight is 366 g/mol. The van der Waals surface area contributed by atoms with Crippen LogP contribution in [0.25, 0.3) is 0 Å². The minimum Gasteiger partial charge on any atom is -0.397 e. The molecule has 1 rings (SSSR count). The summed E-state index contributed by atoms with van der Waals surface area (Å²) in [6.45, 7) is 17.0. The van der Waals surface area contributed by atoms with Crippen LogP contribution in [0.3, 0.4) is 0 Å². The summed E-state index contributed by atoms with van der Waals surface area (Å²) >= 11 is 0. The monoisotopic (exact) mass is 364 g/mol. The van der Waals surface area contributed by atoms with E-state index in [0.717, 1.165) is 0 Å². The fourth-order valence-corrected chi connectivity index (χ4v) is 1.57. The Kier molecular flexibility index (Phi) is 27.3. The molecule has 0 saturated heterocycles. The molecule has 0 fully saturated rings. The number of allylic oxidation sites excluding steroid dienone is 4. The number of aliphatic hydroxyl groups is 3. The molecular formula is C16H34O3Zr. The maximum atomic E-state index is 7.57. The number of hydrogen-bond donors (Lipinski definition) is 3. The summed E-state index contributed by atoms with van der Waals surface area (Å²) in [5, 5.41) is 22.7. The summed E-state index contributed by atoms with van der Waals surface area (Å²) < 4.78 is 0. The topological polar surface area (TPSA) is 60.7 Å². The van der Waals surface area contributed by atoms with Crippen LogP contribution >= 0.6 is 0 Å². The first-order valence-corrected chi connectivity index (χ1v) is 6.97. The van der Waals surface area contributed by atoms with E-state index in [-0.39, 0.29) is 46.0 Å². The molecule has 0 atom stereocenters. The standard InChI is InChI=1S/C10H16.3C2H6O.Zr/c1-6-7(2)9(4)10(5)8(6)3;3*1-2-3;/h6H,1-5H3;3*3H,2H2,1H3;. The number of aliphatic hydroxyl groups excluding tert-OH is 3. The average Bonchev–Trinajstić information content (AvgIpc) is 2.51. The Balaban J connectivity index is -0.000000108. The third kappa shape index (κ3) is 13.2. The zero-order valence-electron chi connectivity index (χ0n) is 14.5. The van der Waals surface area contributed by atoms with Crippen LogP contribution in [-0.4, -0.2) is 35.1 Å². The molecule has 1 aliphatic carbocycles. The molecule has 4 heteroatoms. The normalized spacial score (nSPS) is 13.3. The minimum atomic E-state index is 0. The fourth-order valence-electron chi connectivity index (χ4n) is 1.57. The Morgan fingerprint density at radius 3 is 0.900 bits per heavy atom. The van der Waals surface area contributed by atoms with Gasteiger partial charge < -0.3 is 15.3 Å². The van der Waals surface area contributed by atoms with Crippen LogP contribution in [-0.2, 0) is 26.2 Å². The van der Waals surface area contributed by atoms with Crippen molar-refractivity contribution in [2.24, 2.45) is 5.92 Å². The first-order valence-electron chi connectivity index (χ1n) is 6.97. The third-order valence-electron chi connectivity index (χ3n) is 3.04. The molecule has 0 aromatic rings. The molecule has 1 aliphatic rings. The summed E-state index contributed by atoms with van der Waals surface area (Å²) in [4.78, 5) is 0. The Hall–Kier alpha value is 0.243. The van der Waals surface area contributed by atoms with Gasteiger partial charge in [0, 0.05) is 46.0 Å². The van der Waals surface area contributed by atoms with E-state index in [1.807, 2.05) is 0 Å². The van der Waals surface area contributed by atoms with Gasteiger partial charge in [0.1, 0.15) is 0 Å². The van der Waals surface area contributed by atoms with Gasteiger partial charge in [-0.05, 0) is 65.5 Å². The second kappa shape index (κ2) is 19.2. The van der Waals surface area contributed by atoms with E-state index in [2.05, 4.69) is 34.6 Å². The summed E-state index contributed by atoms with van der Waals surface area (Å²) in [6.07, 6.45) is 0. The molecule has 0 saturated carbocycles. The van der Waals surface area contributed by atoms with Gasteiger partial charge in [0.2, 0.25) is 0 Å². The zero-order chi connectivity index (χ0) is 16.0. The fraction of sp³-hybridized carbons (Fsp3) is 0.750. The van der Waals surface area contributed by atoms with Gasteiger partial charge in [0.05, 0.1) is 0 Å². The van der Waals surface area contributed by atoms with E-state index in [4.69, 9.17) is 15.3 Å². The molecule has 20 heavy (non-hydrogen) atoms. The maximum absolute atomic E-state index is 7.57. The minimum absolute atomic E-state index is 0. The van der Waals surface area contributed by atoms with E-state index >= 15 is 0 Å². The molecule has 0 aliphatic heterocycles. The van der Waals surface area contributed by atoms with Crippen molar-refractivity contribution in [2.45, 2.75) is 55.4 Å². The smallest absolute Gasteiger partial charge is 0.0402 e. The van der Waals surface area contributed by atoms with Gasteiger partial charge in [-0.2, -0.15) is 0 Å². The molecule has 3 nitrogen and oxygen atoms in total. The van der Waals surface area contributed by atoms with Crippen LogP contribution in [0.15, 0.2) is 22.3 Å². The summed E-state index contributed by atoms with van der Waals surface area (Å²) in [5.74, 6) is 0.694. The molecule has 3 N–H and O–H groups in total. The molecule has 0 radical (unpaired) electrons. The predicted octanol–water partition coefficient (Wildman–Crippen LogP) is 3.30. The van der Waals surface area contributed by atoms with Crippen molar-refractivity contribution >= 4 is 0 Å². The van der Waals surface area contributed by atoms with Crippen molar-refractivity contribution < 1.29 is 41.5 Å². The van der Waals surface area contributed by atoms with Gasteiger partial charge >= 0.3 is 0 Å². The first-order chi connectivity index (χ1) is 8.80. The van der Waals surface area contributed by atoms with E-state index in [1.165, 1.54) is 11.1 Å². The molecular weight excluding hydrogens is 331 g/mol. The molecule has 0 aromatic heterocycles. The van der Waals surface area contributed by atoms with Gasteiger partial charge in [-0.25, -0.2) is 0 Å². The molecule has 0 aromatic carbocycles. The van der Waals surface area contributed by atoms with Crippen molar-refractivity contribution in [3.63, 3.8) is 0 Å². The Labute approximate surface area is 144 Å². The molecule has 0 amide bonds. The SMILES string of the molecule is CC1=C(C)C(C)C(C)=C1C.CCO.CCO.CCO.[Zr]. The van der Waals surface area contributed by atoms with E-state index in [0.29, 0.717) is 5.92 Å². The Bertz CT molecular complexity index is 242. The second-order valence-electron chi connectivity index (χ2n) is 4.29. The van der Waals surface area contributed by atoms with Crippen molar-refractivity contribution in [3.8, 4) is 0 Å². The zero-order valence-corrected chi connectivity index (χ0v) is 17.0. The van der Waals surface area contributed by atoms with Crippen LogP contribution in [0.5, 0.6) is 0 Å². The number of hydrogen-bond acceptors (Lipinski definition) is 3. The largest absolute Gasteiger partial charge is 0.397 e. The molecule has 0 spiro atoms. The van der Waals surface area contributed by atoms with Crippen LogP contribution < -0.4 is 0 Å². The van der Waals surface area contributed by atoms with Gasteiger partial charge in [0.15, 0.2) is 0 Å². The molecule has 0 bridgehead atoms. The van der Waals surface area contributed by atoms with Crippen molar-refractivity contribution in [2.75, 3.05) is 19.8 Å². The summed E-state index contributed by atoms with van der Waals surface area (Å²) in [7, 11) is 0. The van der Waals surface area contributed by atoms with Crippen LogP contribution in [0, 0.1) is 5.92 Å². The number of rotatable bonds is 0. The van der Waals surface area contributed by atoms with Crippen molar-refractivity contribution in [3.05, 3.63) is 22.3 Å². The Morgan fingerprint density at radius 1 is 0.700 bits per heavy atom. The van der Waals surface area contributed by atoms with Crippen molar-refractivity contribution in [1.82, 2.24) is 0 Å². The van der Waals surface area contributed by atoms with Gasteiger partial charge in [0.25, 0.3) is 0 Å². The predicted molar refractivity (Wildman–Crippen MR) is 84.2 cm³/mol. The van der Waals surface area contributed by atoms with Crippen LogP contribution in [0.4, 0.5) is 0 Å². The first kappa shape index (κ1) is 28.4. The van der Waals surface area contributed by atoms with Gasteiger partial charge in [-0.15, -0.1) is 0 Å². The van der Waals surface area contributed by atoms with E-state index < -0.39 is 0 Å². The Morgan fingerprint density at radius 2 is 0.850 bits per heavy atom. The molecule has 0 unspecified atom stereocenters. The van der Waals surface area contributed by atoms with Crippen LogP contribution in [0.1, 0.15) is 55.4 Å². The van der Waals surface area contributed by atoms with Crippen molar-refractivity contribution in [1.29, 1.82) is 0 Å². The van der Waals surface area contributed by atoms with E-state index in [9.17, 15) is 0 Å². The third-order valence-corrected chi connectivity index (χ3v) is 3.04. The summed E-state index contributed by atoms with van der Waals surface area (Å²) in [5.41, 5.74) is 6.11. The maximum Gasteiger partial charge on any atom is 0.0402 e. The molecule has 0 heterocycles. The second-order valence-corrected chi connectivity index (χ2v) is 4.29. The van der Waals surface area contributed by atoms with Gasteiger partial charge in [-0.3, -0.25) is 0 Å². The quantitative estimate of drug-likeness (QED) is 0.617. The van der Waals surface area contributed by atoms with E-state index in [1.54, 1.807) is 31.9 Å². The van der Waals surface area contributed by atoms with Crippen LogP contribution in [0.2, 0.25) is 0 Å².